The van der Waals surface area contributed by atoms with Crippen LogP contribution in [-0.2, 0) is 16.1 Å². The van der Waals surface area contributed by atoms with Crippen molar-refractivity contribution < 1.29 is 14.0 Å². The van der Waals surface area contributed by atoms with Crippen molar-refractivity contribution in [2.75, 3.05) is 19.6 Å². The van der Waals surface area contributed by atoms with Crippen LogP contribution in [0.3, 0.4) is 0 Å². The normalized spacial score (nSPS) is 18.9. The van der Waals surface area contributed by atoms with E-state index in [0.717, 1.165) is 19.5 Å². The van der Waals surface area contributed by atoms with Crippen molar-refractivity contribution in [2.24, 2.45) is 11.7 Å². The van der Waals surface area contributed by atoms with Crippen LogP contribution in [0, 0.1) is 11.7 Å². The number of nitrogens with two attached hydrogens (primary N) is 1. The molecule has 20 heavy (non-hydrogen) atoms. The first-order valence-electron chi connectivity index (χ1n) is 6.59. The second kappa shape index (κ2) is 6.47. The summed E-state index contributed by atoms with van der Waals surface area (Å²) in [5.41, 5.74) is 5.54. The standard InChI is InChI=1S/C14H18FN3O2/c15-12-4-2-1-3-11(12)9-18-6-5-10(8-18)7-17-14(20)13(16)19/h1-4,10H,5-9H2,(H2,16,19)(H,17,20). The molecule has 1 atom stereocenters. The van der Waals surface area contributed by atoms with Gasteiger partial charge in [-0.1, -0.05) is 18.2 Å². The summed E-state index contributed by atoms with van der Waals surface area (Å²) in [5.74, 6) is -1.65. The predicted octanol–water partition coefficient (Wildman–Crippen LogP) is 0.249. The van der Waals surface area contributed by atoms with Gasteiger partial charge in [-0.25, -0.2) is 4.39 Å². The molecule has 2 rings (SSSR count). The van der Waals surface area contributed by atoms with Gasteiger partial charge in [0, 0.05) is 25.2 Å². The van der Waals surface area contributed by atoms with Gasteiger partial charge >= 0.3 is 11.8 Å². The van der Waals surface area contributed by atoms with E-state index >= 15 is 0 Å². The highest BCUT2D eigenvalue weighted by atomic mass is 19.1. The predicted molar refractivity (Wildman–Crippen MR) is 72.0 cm³/mol. The van der Waals surface area contributed by atoms with Gasteiger partial charge in [0.25, 0.3) is 0 Å². The van der Waals surface area contributed by atoms with Gasteiger partial charge in [-0.2, -0.15) is 0 Å². The van der Waals surface area contributed by atoms with Gasteiger partial charge in [-0.05, 0) is 24.9 Å². The van der Waals surface area contributed by atoms with Crippen molar-refractivity contribution in [3.8, 4) is 0 Å². The number of rotatable bonds is 4. The molecule has 1 aromatic carbocycles. The summed E-state index contributed by atoms with van der Waals surface area (Å²) < 4.78 is 13.5. The van der Waals surface area contributed by atoms with Crippen LogP contribution in [-0.4, -0.2) is 36.3 Å². The smallest absolute Gasteiger partial charge is 0.309 e. The minimum absolute atomic E-state index is 0.196. The molecule has 3 N–H and O–H groups in total. The zero-order chi connectivity index (χ0) is 14.5. The van der Waals surface area contributed by atoms with Crippen molar-refractivity contribution in [2.45, 2.75) is 13.0 Å². The highest BCUT2D eigenvalue weighted by Gasteiger charge is 2.24. The van der Waals surface area contributed by atoms with Gasteiger partial charge in [0.15, 0.2) is 0 Å². The number of benzene rings is 1. The third-order valence-electron chi connectivity index (χ3n) is 3.50. The molecule has 1 fully saturated rings. The van der Waals surface area contributed by atoms with Gasteiger partial charge in [0.05, 0.1) is 0 Å². The fourth-order valence-corrected chi connectivity index (χ4v) is 2.41. The summed E-state index contributed by atoms with van der Waals surface area (Å²) in [5, 5.41) is 2.51. The van der Waals surface area contributed by atoms with Gasteiger partial charge in [0.2, 0.25) is 0 Å². The molecule has 0 radical (unpaired) electrons. The van der Waals surface area contributed by atoms with Crippen molar-refractivity contribution in [3.63, 3.8) is 0 Å². The van der Waals surface area contributed by atoms with Crippen LogP contribution in [0.4, 0.5) is 4.39 Å². The average Bonchev–Trinajstić information content (AvgIpc) is 2.86. The summed E-state index contributed by atoms with van der Waals surface area (Å²) in [6.45, 7) is 2.61. The number of nitrogens with one attached hydrogen (secondary N) is 1. The fourth-order valence-electron chi connectivity index (χ4n) is 2.41. The Bertz CT molecular complexity index is 507. The molecule has 1 unspecified atom stereocenters. The molecule has 1 aliphatic heterocycles. The first kappa shape index (κ1) is 14.5. The lowest BCUT2D eigenvalue weighted by Gasteiger charge is -2.16. The fraction of sp³-hybridized carbons (Fsp3) is 0.429. The first-order valence-corrected chi connectivity index (χ1v) is 6.59. The Morgan fingerprint density at radius 1 is 1.40 bits per heavy atom. The molecular weight excluding hydrogens is 261 g/mol. The lowest BCUT2D eigenvalue weighted by atomic mass is 10.1. The molecule has 108 valence electrons. The van der Waals surface area contributed by atoms with Crippen molar-refractivity contribution >= 4 is 11.8 Å². The largest absolute Gasteiger partial charge is 0.361 e. The lowest BCUT2D eigenvalue weighted by Crippen LogP contribution is -2.39. The molecule has 0 bridgehead atoms. The van der Waals surface area contributed by atoms with E-state index in [1.54, 1.807) is 12.1 Å². The zero-order valence-corrected chi connectivity index (χ0v) is 11.1. The molecule has 0 saturated carbocycles. The number of primary amides is 1. The van der Waals surface area contributed by atoms with Gasteiger partial charge in [0.1, 0.15) is 5.82 Å². The maximum absolute atomic E-state index is 13.5. The Morgan fingerprint density at radius 3 is 2.85 bits per heavy atom. The summed E-state index contributed by atoms with van der Waals surface area (Å²) in [6, 6.07) is 6.72. The Labute approximate surface area is 116 Å². The van der Waals surface area contributed by atoms with E-state index in [9.17, 15) is 14.0 Å². The molecule has 1 aliphatic rings. The van der Waals surface area contributed by atoms with E-state index in [0.29, 0.717) is 18.7 Å². The number of nitrogens with zero attached hydrogens (tertiary/aromatic N) is 1. The molecule has 1 aromatic rings. The summed E-state index contributed by atoms with van der Waals surface area (Å²) in [7, 11) is 0. The van der Waals surface area contributed by atoms with Crippen molar-refractivity contribution in [3.05, 3.63) is 35.6 Å². The molecule has 0 aliphatic carbocycles. The average molecular weight is 279 g/mol. The number of likely N-dealkylation sites (tertiary alicyclic amines) is 1. The number of halogens is 1. The van der Waals surface area contributed by atoms with Crippen LogP contribution in [0.1, 0.15) is 12.0 Å². The molecule has 2 amide bonds. The van der Waals surface area contributed by atoms with Crippen LogP contribution in [0.5, 0.6) is 0 Å². The molecule has 1 saturated heterocycles. The Kier molecular flexibility index (Phi) is 4.68. The Balaban J connectivity index is 1.79. The molecule has 6 heteroatoms. The molecule has 1 heterocycles. The van der Waals surface area contributed by atoms with Crippen LogP contribution in [0.2, 0.25) is 0 Å². The SMILES string of the molecule is NC(=O)C(=O)NCC1CCN(Cc2ccccc2F)C1. The number of carbonyl (C=O) groups excluding carboxylic acids is 2. The quantitative estimate of drug-likeness (QED) is 0.776. The van der Waals surface area contributed by atoms with Gasteiger partial charge < -0.3 is 11.1 Å². The minimum atomic E-state index is -0.966. The van der Waals surface area contributed by atoms with E-state index in [1.165, 1.54) is 6.07 Å². The minimum Gasteiger partial charge on any atom is -0.361 e. The molecule has 0 spiro atoms. The van der Waals surface area contributed by atoms with Crippen LogP contribution < -0.4 is 11.1 Å². The topological polar surface area (TPSA) is 75.4 Å². The summed E-state index contributed by atoms with van der Waals surface area (Å²) in [6.07, 6.45) is 0.910. The Hall–Kier alpha value is -1.95. The van der Waals surface area contributed by atoms with E-state index in [1.807, 2.05) is 6.07 Å². The number of hydrogen-bond acceptors (Lipinski definition) is 3. The van der Waals surface area contributed by atoms with E-state index in [4.69, 9.17) is 5.73 Å². The van der Waals surface area contributed by atoms with Gasteiger partial charge in [-0.3, -0.25) is 14.5 Å². The zero-order valence-electron chi connectivity index (χ0n) is 11.1. The molecule has 0 aromatic heterocycles. The van der Waals surface area contributed by atoms with Crippen molar-refractivity contribution in [1.82, 2.24) is 10.2 Å². The maximum atomic E-state index is 13.5. The Morgan fingerprint density at radius 2 is 2.15 bits per heavy atom. The second-order valence-corrected chi connectivity index (χ2v) is 5.06. The molecule has 5 nitrogen and oxygen atoms in total. The van der Waals surface area contributed by atoms with Crippen molar-refractivity contribution in [1.29, 1.82) is 0 Å². The van der Waals surface area contributed by atoms with Crippen LogP contribution in [0.25, 0.3) is 0 Å². The third-order valence-corrected chi connectivity index (χ3v) is 3.50. The van der Waals surface area contributed by atoms with Gasteiger partial charge in [-0.15, -0.1) is 0 Å². The number of amides is 2. The van der Waals surface area contributed by atoms with E-state index in [-0.39, 0.29) is 11.7 Å². The number of hydrogen-bond donors (Lipinski definition) is 2. The summed E-state index contributed by atoms with van der Waals surface area (Å²) in [4.78, 5) is 23.8. The molecular formula is C14H18FN3O2. The maximum Gasteiger partial charge on any atom is 0.309 e. The van der Waals surface area contributed by atoms with Crippen LogP contribution in [0.15, 0.2) is 24.3 Å². The highest BCUT2D eigenvalue weighted by molar-refractivity contribution is 6.34. The third kappa shape index (κ3) is 3.77. The second-order valence-electron chi connectivity index (χ2n) is 5.06. The number of carbonyl (C=O) groups is 2. The lowest BCUT2D eigenvalue weighted by molar-refractivity contribution is -0.137. The first-order chi connectivity index (χ1) is 9.56. The van der Waals surface area contributed by atoms with Crippen LogP contribution >= 0.6 is 0 Å². The van der Waals surface area contributed by atoms with E-state index < -0.39 is 11.8 Å². The highest BCUT2D eigenvalue weighted by Crippen LogP contribution is 2.19. The summed E-state index contributed by atoms with van der Waals surface area (Å²) >= 11 is 0. The van der Waals surface area contributed by atoms with E-state index in [2.05, 4.69) is 10.2 Å². The monoisotopic (exact) mass is 279 g/mol.